The first kappa shape index (κ1) is 16.2. The number of hydrogen-bond acceptors (Lipinski definition) is 3. The second kappa shape index (κ2) is 7.74. The predicted molar refractivity (Wildman–Crippen MR) is 106 cm³/mol. The molecule has 4 rings (SSSR count). The van der Waals surface area contributed by atoms with E-state index >= 15 is 0 Å². The first-order chi connectivity index (χ1) is 12.9. The van der Waals surface area contributed by atoms with Gasteiger partial charge in [0.2, 0.25) is 0 Å². The third-order valence-corrected chi connectivity index (χ3v) is 4.35. The molecule has 2 aromatic heterocycles. The number of ether oxygens (including phenoxy) is 1. The van der Waals surface area contributed by atoms with Gasteiger partial charge in [0.05, 0.1) is 0 Å². The summed E-state index contributed by atoms with van der Waals surface area (Å²) in [5.41, 5.74) is 3.57. The molecule has 4 nitrogen and oxygen atoms in total. The molecular weight excluding hydrogens is 322 g/mol. The highest BCUT2D eigenvalue weighted by Crippen LogP contribution is 2.25. The van der Waals surface area contributed by atoms with Crippen LogP contribution >= 0.6 is 0 Å². The lowest BCUT2D eigenvalue weighted by molar-refractivity contribution is 0.306. The molecule has 2 N–H and O–H groups in total. The molecule has 0 aliphatic heterocycles. The molecule has 0 saturated carbocycles. The van der Waals surface area contributed by atoms with Gasteiger partial charge in [0.1, 0.15) is 18.2 Å². The molecule has 0 bridgehead atoms. The summed E-state index contributed by atoms with van der Waals surface area (Å²) in [5.74, 6) is 1.79. The summed E-state index contributed by atoms with van der Waals surface area (Å²) in [6.45, 7) is 1.41. The van der Waals surface area contributed by atoms with Crippen molar-refractivity contribution in [1.82, 2.24) is 9.97 Å². The summed E-state index contributed by atoms with van der Waals surface area (Å²) in [6.07, 6.45) is 4.79. The molecule has 26 heavy (non-hydrogen) atoms. The molecule has 0 aliphatic carbocycles. The topological polar surface area (TPSA) is 49.9 Å². The Labute approximate surface area is 152 Å². The SMILES string of the molecule is c1ccc(COc2ccc3[nH]cc(CCNc4ccccn4)c3c2)cc1. The van der Waals surface area contributed by atoms with Gasteiger partial charge >= 0.3 is 0 Å². The number of aromatic nitrogens is 2. The lowest BCUT2D eigenvalue weighted by atomic mass is 10.1. The Morgan fingerprint density at radius 1 is 0.962 bits per heavy atom. The molecule has 0 amide bonds. The molecule has 0 atom stereocenters. The average molecular weight is 343 g/mol. The van der Waals surface area contributed by atoms with E-state index in [-0.39, 0.29) is 0 Å². The minimum Gasteiger partial charge on any atom is -0.489 e. The lowest BCUT2D eigenvalue weighted by Crippen LogP contribution is -2.05. The zero-order valence-corrected chi connectivity index (χ0v) is 14.5. The highest BCUT2D eigenvalue weighted by molar-refractivity contribution is 5.84. The number of nitrogens with one attached hydrogen (secondary N) is 2. The van der Waals surface area contributed by atoms with Crippen LogP contribution in [0, 0.1) is 0 Å². The van der Waals surface area contributed by atoms with Crippen LogP contribution in [0.4, 0.5) is 5.82 Å². The van der Waals surface area contributed by atoms with E-state index in [2.05, 4.69) is 45.7 Å². The summed E-state index contributed by atoms with van der Waals surface area (Å²) in [4.78, 5) is 7.63. The third kappa shape index (κ3) is 3.86. The molecule has 0 radical (unpaired) electrons. The van der Waals surface area contributed by atoms with Crippen molar-refractivity contribution in [2.45, 2.75) is 13.0 Å². The Morgan fingerprint density at radius 3 is 2.69 bits per heavy atom. The van der Waals surface area contributed by atoms with Crippen molar-refractivity contribution in [1.29, 1.82) is 0 Å². The van der Waals surface area contributed by atoms with Crippen LogP contribution in [-0.2, 0) is 13.0 Å². The van der Waals surface area contributed by atoms with Crippen molar-refractivity contribution in [2.75, 3.05) is 11.9 Å². The molecule has 4 heteroatoms. The Bertz CT molecular complexity index is 965. The van der Waals surface area contributed by atoms with Crippen LogP contribution in [0.15, 0.2) is 79.1 Å². The van der Waals surface area contributed by atoms with E-state index in [0.717, 1.165) is 30.0 Å². The number of rotatable bonds is 7. The highest BCUT2D eigenvalue weighted by Gasteiger charge is 2.06. The number of H-pyrrole nitrogens is 1. The summed E-state index contributed by atoms with van der Waals surface area (Å²) in [5, 5.41) is 4.56. The first-order valence-corrected chi connectivity index (χ1v) is 8.80. The van der Waals surface area contributed by atoms with Gasteiger partial charge < -0.3 is 15.0 Å². The third-order valence-electron chi connectivity index (χ3n) is 4.35. The quantitative estimate of drug-likeness (QED) is 0.507. The maximum atomic E-state index is 5.96. The van der Waals surface area contributed by atoms with Crippen LogP contribution in [0.5, 0.6) is 5.75 Å². The van der Waals surface area contributed by atoms with Gasteiger partial charge in [0, 0.05) is 29.8 Å². The van der Waals surface area contributed by atoms with Gasteiger partial charge in [-0.15, -0.1) is 0 Å². The smallest absolute Gasteiger partial charge is 0.125 e. The van der Waals surface area contributed by atoms with Crippen LogP contribution in [0.1, 0.15) is 11.1 Å². The summed E-state index contributed by atoms with van der Waals surface area (Å²) < 4.78 is 5.96. The fraction of sp³-hybridized carbons (Fsp3) is 0.136. The van der Waals surface area contributed by atoms with Crippen molar-refractivity contribution >= 4 is 16.7 Å². The Hall–Kier alpha value is -3.27. The molecule has 2 aromatic carbocycles. The Kier molecular flexibility index (Phi) is 4.83. The van der Waals surface area contributed by atoms with E-state index in [4.69, 9.17) is 4.74 Å². The number of fused-ring (bicyclic) bond motifs is 1. The Balaban J connectivity index is 1.42. The van der Waals surface area contributed by atoms with Crippen molar-refractivity contribution in [3.05, 3.63) is 90.3 Å². The lowest BCUT2D eigenvalue weighted by Gasteiger charge is -2.07. The predicted octanol–water partition coefficient (Wildman–Crippen LogP) is 4.80. The van der Waals surface area contributed by atoms with Gasteiger partial charge in [-0.25, -0.2) is 4.98 Å². The maximum Gasteiger partial charge on any atom is 0.125 e. The zero-order chi connectivity index (χ0) is 17.6. The normalized spacial score (nSPS) is 10.8. The van der Waals surface area contributed by atoms with Gasteiger partial charge in [-0.05, 0) is 47.9 Å². The molecule has 130 valence electrons. The number of anilines is 1. The van der Waals surface area contributed by atoms with Gasteiger partial charge in [-0.3, -0.25) is 0 Å². The molecule has 0 saturated heterocycles. The monoisotopic (exact) mass is 343 g/mol. The van der Waals surface area contributed by atoms with Crippen LogP contribution in [0.3, 0.4) is 0 Å². The molecular formula is C22H21N3O. The van der Waals surface area contributed by atoms with Crippen molar-refractivity contribution < 1.29 is 4.74 Å². The first-order valence-electron chi connectivity index (χ1n) is 8.80. The fourth-order valence-electron chi connectivity index (χ4n) is 2.99. The van der Waals surface area contributed by atoms with E-state index in [1.807, 2.05) is 42.5 Å². The van der Waals surface area contributed by atoms with E-state index in [9.17, 15) is 0 Å². The number of nitrogens with zero attached hydrogens (tertiary/aromatic N) is 1. The minimum atomic E-state index is 0.577. The zero-order valence-electron chi connectivity index (χ0n) is 14.5. The van der Waals surface area contributed by atoms with E-state index in [0.29, 0.717) is 6.61 Å². The van der Waals surface area contributed by atoms with Crippen LogP contribution in [0.2, 0.25) is 0 Å². The number of benzene rings is 2. The second-order valence-electron chi connectivity index (χ2n) is 6.19. The fourth-order valence-corrected chi connectivity index (χ4v) is 2.99. The van der Waals surface area contributed by atoms with E-state index in [1.165, 1.54) is 16.5 Å². The molecule has 0 aliphatic rings. The minimum absolute atomic E-state index is 0.577. The van der Waals surface area contributed by atoms with Gasteiger partial charge in [-0.2, -0.15) is 0 Å². The second-order valence-corrected chi connectivity index (χ2v) is 6.19. The van der Waals surface area contributed by atoms with Crippen molar-refractivity contribution in [3.63, 3.8) is 0 Å². The molecule has 2 heterocycles. The van der Waals surface area contributed by atoms with Crippen molar-refractivity contribution in [3.8, 4) is 5.75 Å². The van der Waals surface area contributed by atoms with E-state index < -0.39 is 0 Å². The average Bonchev–Trinajstić information content (AvgIpc) is 3.10. The Morgan fingerprint density at radius 2 is 1.85 bits per heavy atom. The number of hydrogen-bond donors (Lipinski definition) is 2. The molecule has 0 unspecified atom stereocenters. The number of pyridine rings is 1. The van der Waals surface area contributed by atoms with Gasteiger partial charge in [0.25, 0.3) is 0 Å². The maximum absolute atomic E-state index is 5.96. The van der Waals surface area contributed by atoms with Gasteiger partial charge in [-0.1, -0.05) is 36.4 Å². The molecule has 0 spiro atoms. The highest BCUT2D eigenvalue weighted by atomic mass is 16.5. The summed E-state index contributed by atoms with van der Waals surface area (Å²) in [7, 11) is 0. The molecule has 0 fully saturated rings. The number of aromatic amines is 1. The van der Waals surface area contributed by atoms with Crippen LogP contribution in [0.25, 0.3) is 10.9 Å². The van der Waals surface area contributed by atoms with Crippen LogP contribution < -0.4 is 10.1 Å². The summed E-state index contributed by atoms with van der Waals surface area (Å²) in [6, 6.07) is 22.3. The largest absolute Gasteiger partial charge is 0.489 e. The van der Waals surface area contributed by atoms with Gasteiger partial charge in [0.15, 0.2) is 0 Å². The van der Waals surface area contributed by atoms with Crippen LogP contribution in [-0.4, -0.2) is 16.5 Å². The molecule has 4 aromatic rings. The standard InChI is InChI=1S/C22H21N3O/c1-2-6-17(7-3-1)16-26-19-9-10-21-20(14-19)18(15-25-21)11-13-24-22-8-4-5-12-23-22/h1-10,12,14-15,25H,11,13,16H2,(H,23,24). The van der Waals surface area contributed by atoms with Crippen molar-refractivity contribution in [2.24, 2.45) is 0 Å². The summed E-state index contributed by atoms with van der Waals surface area (Å²) >= 11 is 0. The van der Waals surface area contributed by atoms with E-state index in [1.54, 1.807) is 6.20 Å².